The van der Waals surface area contributed by atoms with E-state index < -0.39 is 0 Å². The van der Waals surface area contributed by atoms with Gasteiger partial charge in [-0.05, 0) is 50.1 Å². The number of fused-ring (bicyclic) bond motifs is 1. The molecule has 21 heavy (non-hydrogen) atoms. The van der Waals surface area contributed by atoms with Crippen LogP contribution < -0.4 is 10.6 Å². The van der Waals surface area contributed by atoms with Gasteiger partial charge in [-0.25, -0.2) is 4.39 Å². The molecule has 0 saturated carbocycles. The number of hydrogen-bond donors (Lipinski definition) is 2. The smallest absolute Gasteiger partial charge is 0.134 e. The van der Waals surface area contributed by atoms with Gasteiger partial charge >= 0.3 is 0 Å². The lowest BCUT2D eigenvalue weighted by atomic mass is 10.1. The Kier molecular flexibility index (Phi) is 5.37. The van der Waals surface area contributed by atoms with Gasteiger partial charge in [-0.3, -0.25) is 0 Å². The quantitative estimate of drug-likeness (QED) is 0.818. The highest BCUT2D eigenvalue weighted by molar-refractivity contribution is 5.82. The zero-order chi connectivity index (χ0) is 15.4. The molecule has 0 fully saturated rings. The molecule has 1 atom stereocenters. The number of furan rings is 1. The molecular formula is C17H25FN2O. The summed E-state index contributed by atoms with van der Waals surface area (Å²) in [6.45, 7) is 11.1. The first-order chi connectivity index (χ1) is 9.97. The summed E-state index contributed by atoms with van der Waals surface area (Å²) in [4.78, 5) is 0. The van der Waals surface area contributed by atoms with Crippen LogP contribution in [0.1, 0.15) is 32.1 Å². The Hall–Kier alpha value is -1.39. The SMILES string of the molecule is Cc1c(CNC(C)CNCC(C)C)oc2ccc(F)cc12. The highest BCUT2D eigenvalue weighted by Crippen LogP contribution is 2.25. The van der Waals surface area contributed by atoms with Gasteiger partial charge in [0.05, 0.1) is 6.54 Å². The van der Waals surface area contributed by atoms with Gasteiger partial charge in [0.15, 0.2) is 0 Å². The van der Waals surface area contributed by atoms with E-state index in [1.165, 1.54) is 12.1 Å². The number of nitrogens with one attached hydrogen (secondary N) is 2. The van der Waals surface area contributed by atoms with Crippen LogP contribution in [0.2, 0.25) is 0 Å². The summed E-state index contributed by atoms with van der Waals surface area (Å²) < 4.78 is 19.1. The van der Waals surface area contributed by atoms with Gasteiger partial charge in [0.1, 0.15) is 17.2 Å². The number of halogens is 1. The third-order valence-electron chi connectivity index (χ3n) is 3.61. The minimum absolute atomic E-state index is 0.225. The molecule has 2 aromatic rings. The van der Waals surface area contributed by atoms with Crippen LogP contribution in [0.3, 0.4) is 0 Å². The van der Waals surface area contributed by atoms with E-state index in [-0.39, 0.29) is 5.82 Å². The van der Waals surface area contributed by atoms with Crippen molar-refractivity contribution in [3.05, 3.63) is 35.3 Å². The number of benzene rings is 1. The van der Waals surface area contributed by atoms with Gasteiger partial charge in [0.2, 0.25) is 0 Å². The molecule has 1 unspecified atom stereocenters. The van der Waals surface area contributed by atoms with Crippen LogP contribution in [0.4, 0.5) is 4.39 Å². The summed E-state index contributed by atoms with van der Waals surface area (Å²) in [7, 11) is 0. The maximum Gasteiger partial charge on any atom is 0.134 e. The number of aryl methyl sites for hydroxylation is 1. The van der Waals surface area contributed by atoms with E-state index in [1.807, 2.05) is 6.92 Å². The van der Waals surface area contributed by atoms with Crippen molar-refractivity contribution in [1.29, 1.82) is 0 Å². The van der Waals surface area contributed by atoms with Crippen LogP contribution in [-0.2, 0) is 6.54 Å². The van der Waals surface area contributed by atoms with Crippen LogP contribution in [0.15, 0.2) is 22.6 Å². The summed E-state index contributed by atoms with van der Waals surface area (Å²) in [6, 6.07) is 5.01. The fourth-order valence-electron chi connectivity index (χ4n) is 2.34. The molecule has 0 bridgehead atoms. The van der Waals surface area contributed by atoms with Gasteiger partial charge < -0.3 is 15.1 Å². The largest absolute Gasteiger partial charge is 0.459 e. The second kappa shape index (κ2) is 7.05. The summed E-state index contributed by atoms with van der Waals surface area (Å²) in [6.07, 6.45) is 0. The molecule has 0 radical (unpaired) electrons. The van der Waals surface area contributed by atoms with Crippen molar-refractivity contribution in [3.8, 4) is 0 Å². The van der Waals surface area contributed by atoms with Crippen molar-refractivity contribution >= 4 is 11.0 Å². The van der Waals surface area contributed by atoms with Crippen LogP contribution in [0.25, 0.3) is 11.0 Å². The van der Waals surface area contributed by atoms with E-state index in [4.69, 9.17) is 4.42 Å². The first-order valence-electron chi connectivity index (χ1n) is 7.59. The second-order valence-electron chi connectivity index (χ2n) is 6.12. The van der Waals surface area contributed by atoms with Gasteiger partial charge in [-0.15, -0.1) is 0 Å². The first kappa shape index (κ1) is 16.0. The molecule has 0 saturated heterocycles. The Labute approximate surface area is 125 Å². The van der Waals surface area contributed by atoms with Crippen LogP contribution >= 0.6 is 0 Å². The van der Waals surface area contributed by atoms with E-state index in [2.05, 4.69) is 31.4 Å². The van der Waals surface area contributed by atoms with Crippen molar-refractivity contribution in [2.24, 2.45) is 5.92 Å². The lowest BCUT2D eigenvalue weighted by Crippen LogP contribution is -2.37. The zero-order valence-corrected chi connectivity index (χ0v) is 13.3. The predicted molar refractivity (Wildman–Crippen MR) is 84.9 cm³/mol. The summed E-state index contributed by atoms with van der Waals surface area (Å²) in [5, 5.41) is 7.72. The third kappa shape index (κ3) is 4.29. The molecule has 0 aliphatic carbocycles. The van der Waals surface area contributed by atoms with Crippen molar-refractivity contribution in [2.45, 2.75) is 40.3 Å². The number of hydrogen-bond acceptors (Lipinski definition) is 3. The molecule has 3 nitrogen and oxygen atoms in total. The van der Waals surface area contributed by atoms with Crippen molar-refractivity contribution in [1.82, 2.24) is 10.6 Å². The molecule has 0 amide bonds. The van der Waals surface area contributed by atoms with Crippen molar-refractivity contribution in [2.75, 3.05) is 13.1 Å². The second-order valence-corrected chi connectivity index (χ2v) is 6.12. The molecule has 1 aromatic heterocycles. The topological polar surface area (TPSA) is 37.2 Å². The molecule has 2 N–H and O–H groups in total. The van der Waals surface area contributed by atoms with Gasteiger partial charge in [-0.2, -0.15) is 0 Å². The van der Waals surface area contributed by atoms with E-state index in [9.17, 15) is 4.39 Å². The van der Waals surface area contributed by atoms with Gasteiger partial charge in [0.25, 0.3) is 0 Å². The monoisotopic (exact) mass is 292 g/mol. The van der Waals surface area contributed by atoms with E-state index in [0.717, 1.165) is 35.4 Å². The lowest BCUT2D eigenvalue weighted by molar-refractivity contribution is 0.441. The molecule has 1 aromatic carbocycles. The number of rotatable bonds is 7. The lowest BCUT2D eigenvalue weighted by Gasteiger charge is -2.15. The average Bonchev–Trinajstić information content (AvgIpc) is 2.73. The van der Waals surface area contributed by atoms with Crippen LogP contribution in [0, 0.1) is 18.7 Å². The molecule has 0 aliphatic rings. The molecule has 1 heterocycles. The van der Waals surface area contributed by atoms with E-state index >= 15 is 0 Å². The zero-order valence-electron chi connectivity index (χ0n) is 13.3. The summed E-state index contributed by atoms with van der Waals surface area (Å²) in [5.74, 6) is 1.31. The fraction of sp³-hybridized carbons (Fsp3) is 0.529. The van der Waals surface area contributed by atoms with Crippen LogP contribution in [0.5, 0.6) is 0 Å². The van der Waals surface area contributed by atoms with E-state index in [0.29, 0.717) is 18.5 Å². The Morgan fingerprint density at radius 3 is 2.67 bits per heavy atom. The third-order valence-corrected chi connectivity index (χ3v) is 3.61. The normalized spacial score (nSPS) is 13.2. The standard InChI is InChI=1S/C17H25FN2O/c1-11(2)8-19-9-12(3)20-10-17-13(4)15-7-14(18)5-6-16(15)21-17/h5-7,11-12,19-20H,8-10H2,1-4H3. The fourth-order valence-corrected chi connectivity index (χ4v) is 2.34. The molecule has 116 valence electrons. The molecular weight excluding hydrogens is 267 g/mol. The Morgan fingerprint density at radius 2 is 1.95 bits per heavy atom. The van der Waals surface area contributed by atoms with Crippen molar-refractivity contribution in [3.63, 3.8) is 0 Å². The van der Waals surface area contributed by atoms with Crippen LogP contribution in [-0.4, -0.2) is 19.1 Å². The highest BCUT2D eigenvalue weighted by Gasteiger charge is 2.12. The summed E-state index contributed by atoms with van der Waals surface area (Å²) in [5.41, 5.74) is 1.76. The highest BCUT2D eigenvalue weighted by atomic mass is 19.1. The maximum atomic E-state index is 13.3. The van der Waals surface area contributed by atoms with Gasteiger partial charge in [0, 0.05) is 18.0 Å². The Bertz CT molecular complexity index is 592. The molecule has 0 aliphatic heterocycles. The Balaban J connectivity index is 1.92. The maximum absolute atomic E-state index is 13.3. The molecule has 2 rings (SSSR count). The predicted octanol–water partition coefficient (Wildman–Crippen LogP) is 3.60. The molecule has 4 heteroatoms. The van der Waals surface area contributed by atoms with E-state index in [1.54, 1.807) is 6.07 Å². The van der Waals surface area contributed by atoms with Gasteiger partial charge in [-0.1, -0.05) is 13.8 Å². The minimum atomic E-state index is -0.225. The minimum Gasteiger partial charge on any atom is -0.459 e. The summed E-state index contributed by atoms with van der Waals surface area (Å²) >= 11 is 0. The average molecular weight is 292 g/mol. The first-order valence-corrected chi connectivity index (χ1v) is 7.59. The Morgan fingerprint density at radius 1 is 1.19 bits per heavy atom. The van der Waals surface area contributed by atoms with Crippen molar-refractivity contribution < 1.29 is 8.81 Å². The molecule has 0 spiro atoms.